The maximum atomic E-state index is 12.4. The van der Waals surface area contributed by atoms with Crippen molar-refractivity contribution in [2.45, 2.75) is 12.5 Å². The molecule has 0 heterocycles. The zero-order chi connectivity index (χ0) is 17.3. The van der Waals surface area contributed by atoms with Crippen LogP contribution >= 0.6 is 0 Å². The first-order valence-corrected chi connectivity index (χ1v) is 6.05. The molecule has 0 radical (unpaired) electrons. The summed E-state index contributed by atoms with van der Waals surface area (Å²) in [5.74, 6) is -0.497. The monoisotopic (exact) mass is 337 g/mol. The fourth-order valence-electron chi connectivity index (χ4n) is 1.66. The van der Waals surface area contributed by atoms with E-state index in [9.17, 15) is 26.3 Å². The predicted molar refractivity (Wildman–Crippen MR) is 69.1 cm³/mol. The molecule has 0 aliphatic rings. The SMILES string of the molecule is Nc1cc(OC(F)(F)F)ccc1Oc1ccc(C(F)(F)F)cc1. The molecule has 0 aliphatic carbocycles. The van der Waals surface area contributed by atoms with Crippen molar-refractivity contribution < 1.29 is 35.8 Å². The summed E-state index contributed by atoms with van der Waals surface area (Å²) in [6, 6.07) is 6.76. The van der Waals surface area contributed by atoms with E-state index < -0.39 is 23.9 Å². The Hall–Kier alpha value is -2.58. The number of nitrogens with two attached hydrogens (primary N) is 1. The summed E-state index contributed by atoms with van der Waals surface area (Å²) in [5, 5.41) is 0. The Labute approximate surface area is 126 Å². The predicted octanol–water partition coefficient (Wildman–Crippen LogP) is 4.98. The van der Waals surface area contributed by atoms with E-state index >= 15 is 0 Å². The van der Waals surface area contributed by atoms with Crippen molar-refractivity contribution in [3.63, 3.8) is 0 Å². The Balaban J connectivity index is 2.14. The van der Waals surface area contributed by atoms with Crippen LogP contribution in [0.3, 0.4) is 0 Å². The highest BCUT2D eigenvalue weighted by atomic mass is 19.4. The summed E-state index contributed by atoms with van der Waals surface area (Å²) < 4.78 is 82.4. The lowest BCUT2D eigenvalue weighted by molar-refractivity contribution is -0.274. The Morgan fingerprint density at radius 1 is 0.783 bits per heavy atom. The van der Waals surface area contributed by atoms with Crippen molar-refractivity contribution in [3.05, 3.63) is 48.0 Å². The van der Waals surface area contributed by atoms with E-state index in [1.54, 1.807) is 0 Å². The standard InChI is InChI=1S/C14H9F6NO2/c15-13(16,17)8-1-3-9(4-2-8)22-12-6-5-10(7-11(12)21)23-14(18,19)20/h1-7H,21H2. The van der Waals surface area contributed by atoms with Gasteiger partial charge in [-0.25, -0.2) is 0 Å². The molecule has 23 heavy (non-hydrogen) atoms. The molecule has 0 bridgehead atoms. The molecular formula is C14H9F6NO2. The molecule has 0 aromatic heterocycles. The van der Waals surface area contributed by atoms with Crippen molar-refractivity contribution in [1.82, 2.24) is 0 Å². The van der Waals surface area contributed by atoms with Crippen LogP contribution in [-0.4, -0.2) is 6.36 Å². The zero-order valence-corrected chi connectivity index (χ0v) is 11.2. The molecule has 0 aliphatic heterocycles. The molecule has 0 saturated heterocycles. The Morgan fingerprint density at radius 2 is 1.35 bits per heavy atom. The molecule has 0 spiro atoms. The number of alkyl halides is 6. The number of benzene rings is 2. The van der Waals surface area contributed by atoms with Crippen LogP contribution in [0.15, 0.2) is 42.5 Å². The topological polar surface area (TPSA) is 44.5 Å². The first-order chi connectivity index (χ1) is 10.5. The summed E-state index contributed by atoms with van der Waals surface area (Å²) in [6.45, 7) is 0. The van der Waals surface area contributed by atoms with E-state index in [0.717, 1.165) is 42.5 Å². The normalized spacial score (nSPS) is 12.1. The lowest BCUT2D eigenvalue weighted by atomic mass is 10.2. The summed E-state index contributed by atoms with van der Waals surface area (Å²) in [5.41, 5.74) is 4.52. The highest BCUT2D eigenvalue weighted by Crippen LogP contribution is 2.34. The van der Waals surface area contributed by atoms with E-state index in [2.05, 4.69) is 4.74 Å². The van der Waals surface area contributed by atoms with Crippen LogP contribution in [0.1, 0.15) is 5.56 Å². The van der Waals surface area contributed by atoms with Crippen LogP contribution in [0.5, 0.6) is 17.2 Å². The number of anilines is 1. The fourth-order valence-corrected chi connectivity index (χ4v) is 1.66. The third kappa shape index (κ3) is 4.70. The van der Waals surface area contributed by atoms with E-state index in [-0.39, 0.29) is 17.2 Å². The van der Waals surface area contributed by atoms with E-state index in [1.165, 1.54) is 0 Å². The van der Waals surface area contributed by atoms with Crippen molar-refractivity contribution in [2.24, 2.45) is 0 Å². The van der Waals surface area contributed by atoms with E-state index in [1.807, 2.05) is 0 Å². The van der Waals surface area contributed by atoms with Crippen molar-refractivity contribution in [2.75, 3.05) is 5.73 Å². The lowest BCUT2D eigenvalue weighted by Crippen LogP contribution is -2.17. The zero-order valence-electron chi connectivity index (χ0n) is 11.2. The molecule has 0 amide bonds. The average Bonchev–Trinajstić information content (AvgIpc) is 2.40. The molecule has 124 valence electrons. The van der Waals surface area contributed by atoms with Crippen molar-refractivity contribution in [3.8, 4) is 17.2 Å². The Morgan fingerprint density at radius 3 is 1.83 bits per heavy atom. The maximum Gasteiger partial charge on any atom is 0.573 e. The van der Waals surface area contributed by atoms with Crippen LogP contribution in [0.25, 0.3) is 0 Å². The van der Waals surface area contributed by atoms with Gasteiger partial charge in [0.2, 0.25) is 0 Å². The van der Waals surface area contributed by atoms with Gasteiger partial charge in [-0.2, -0.15) is 13.2 Å². The highest BCUT2D eigenvalue weighted by molar-refractivity contribution is 5.57. The summed E-state index contributed by atoms with van der Waals surface area (Å²) >= 11 is 0. The number of nitrogen functional groups attached to an aromatic ring is 1. The number of ether oxygens (including phenoxy) is 2. The van der Waals surface area contributed by atoms with Gasteiger partial charge in [-0.15, -0.1) is 13.2 Å². The van der Waals surface area contributed by atoms with Crippen molar-refractivity contribution >= 4 is 5.69 Å². The maximum absolute atomic E-state index is 12.4. The highest BCUT2D eigenvalue weighted by Gasteiger charge is 2.31. The second kappa shape index (κ2) is 5.90. The third-order valence-corrected chi connectivity index (χ3v) is 2.62. The largest absolute Gasteiger partial charge is 0.573 e. The van der Waals surface area contributed by atoms with Crippen molar-refractivity contribution in [1.29, 1.82) is 0 Å². The number of rotatable bonds is 3. The molecule has 3 nitrogen and oxygen atoms in total. The molecule has 2 aromatic carbocycles. The van der Waals surface area contributed by atoms with Gasteiger partial charge < -0.3 is 15.2 Å². The van der Waals surface area contributed by atoms with Crippen LogP contribution < -0.4 is 15.2 Å². The first-order valence-electron chi connectivity index (χ1n) is 6.05. The molecule has 0 atom stereocenters. The van der Waals surface area contributed by atoms with Crippen LogP contribution in [-0.2, 0) is 6.18 Å². The minimum absolute atomic E-state index is 0.0146. The minimum Gasteiger partial charge on any atom is -0.455 e. The second-order valence-electron chi connectivity index (χ2n) is 4.37. The van der Waals surface area contributed by atoms with Gasteiger partial charge in [0, 0.05) is 6.07 Å². The summed E-state index contributed by atoms with van der Waals surface area (Å²) in [6.07, 6.45) is -9.34. The van der Waals surface area contributed by atoms with Gasteiger partial charge in [0.15, 0.2) is 5.75 Å². The van der Waals surface area contributed by atoms with E-state index in [0.29, 0.717) is 0 Å². The average molecular weight is 337 g/mol. The molecular weight excluding hydrogens is 328 g/mol. The molecule has 0 unspecified atom stereocenters. The number of hydrogen-bond acceptors (Lipinski definition) is 3. The molecule has 2 aromatic rings. The quantitative estimate of drug-likeness (QED) is 0.635. The van der Waals surface area contributed by atoms with Gasteiger partial charge in [0.25, 0.3) is 0 Å². The van der Waals surface area contributed by atoms with Gasteiger partial charge in [0.05, 0.1) is 11.3 Å². The second-order valence-corrected chi connectivity index (χ2v) is 4.37. The smallest absolute Gasteiger partial charge is 0.455 e. The molecule has 9 heteroatoms. The Bertz CT molecular complexity index is 679. The van der Waals surface area contributed by atoms with E-state index in [4.69, 9.17) is 10.5 Å². The molecule has 2 N–H and O–H groups in total. The minimum atomic E-state index is -4.86. The van der Waals surface area contributed by atoms with Crippen LogP contribution in [0.2, 0.25) is 0 Å². The molecule has 0 saturated carbocycles. The Kier molecular flexibility index (Phi) is 4.31. The van der Waals surface area contributed by atoms with Crippen LogP contribution in [0.4, 0.5) is 32.0 Å². The molecule has 2 rings (SSSR count). The van der Waals surface area contributed by atoms with Gasteiger partial charge in [-0.3, -0.25) is 0 Å². The summed E-state index contributed by atoms with van der Waals surface area (Å²) in [7, 11) is 0. The fraction of sp³-hybridized carbons (Fsp3) is 0.143. The van der Waals surface area contributed by atoms with Gasteiger partial charge in [-0.05, 0) is 36.4 Å². The van der Waals surface area contributed by atoms with Gasteiger partial charge in [-0.1, -0.05) is 0 Å². The van der Waals surface area contributed by atoms with Gasteiger partial charge in [0.1, 0.15) is 11.5 Å². The lowest BCUT2D eigenvalue weighted by Gasteiger charge is -2.13. The number of hydrogen-bond donors (Lipinski definition) is 1. The van der Waals surface area contributed by atoms with Gasteiger partial charge >= 0.3 is 12.5 Å². The van der Waals surface area contributed by atoms with Crippen LogP contribution in [0, 0.1) is 0 Å². The first kappa shape index (κ1) is 16.8. The number of halogens is 6. The summed E-state index contributed by atoms with van der Waals surface area (Å²) in [4.78, 5) is 0. The third-order valence-electron chi connectivity index (χ3n) is 2.62. The molecule has 0 fully saturated rings.